The molecule has 2 rings (SSSR count). The van der Waals surface area contributed by atoms with E-state index in [1.807, 2.05) is 44.2 Å². The van der Waals surface area contributed by atoms with E-state index in [2.05, 4.69) is 20.7 Å². The van der Waals surface area contributed by atoms with Crippen molar-refractivity contribution in [2.24, 2.45) is 11.8 Å². The Morgan fingerprint density at radius 1 is 0.976 bits per heavy atom. The molecule has 0 radical (unpaired) electrons. The molecule has 0 unspecified atom stereocenters. The van der Waals surface area contributed by atoms with Gasteiger partial charge in [0.05, 0.1) is 25.7 Å². The number of rotatable bonds is 17. The van der Waals surface area contributed by atoms with E-state index in [0.717, 1.165) is 18.4 Å². The van der Waals surface area contributed by atoms with E-state index in [0.29, 0.717) is 18.8 Å². The Hall–Kier alpha value is -2.94. The number of ether oxygens (including phenoxy) is 1. The van der Waals surface area contributed by atoms with Gasteiger partial charge in [-0.3, -0.25) is 19.2 Å². The zero-order valence-corrected chi connectivity index (χ0v) is 25.3. The first-order valence-electron chi connectivity index (χ1n) is 15.2. The number of amides is 3. The molecule has 1 saturated carbocycles. The summed E-state index contributed by atoms with van der Waals surface area (Å²) in [6, 6.07) is 7.96. The van der Waals surface area contributed by atoms with Crippen LogP contribution >= 0.6 is 0 Å². The largest absolute Gasteiger partial charge is 0.469 e. The minimum atomic E-state index is -0.949. The highest BCUT2D eigenvalue weighted by Gasteiger charge is 2.29. The van der Waals surface area contributed by atoms with Crippen molar-refractivity contribution in [1.29, 1.82) is 0 Å². The van der Waals surface area contributed by atoms with Crippen LogP contribution in [0.5, 0.6) is 0 Å². The van der Waals surface area contributed by atoms with Gasteiger partial charge in [0.15, 0.2) is 0 Å². The van der Waals surface area contributed by atoms with Gasteiger partial charge in [0, 0.05) is 19.4 Å². The molecule has 0 heterocycles. The lowest BCUT2D eigenvalue weighted by molar-refractivity contribution is -0.142. The van der Waals surface area contributed by atoms with Crippen LogP contribution < -0.4 is 16.0 Å². The summed E-state index contributed by atoms with van der Waals surface area (Å²) in [5.41, 5.74) is 0.952. The average molecular weight is 574 g/mol. The van der Waals surface area contributed by atoms with Crippen molar-refractivity contribution in [2.45, 2.75) is 122 Å². The van der Waals surface area contributed by atoms with Crippen LogP contribution in [0, 0.1) is 11.8 Å². The van der Waals surface area contributed by atoms with Crippen molar-refractivity contribution in [1.82, 2.24) is 16.0 Å². The Kier molecular flexibility index (Phi) is 15.4. The topological polar surface area (TPSA) is 134 Å². The average Bonchev–Trinajstić information content (AvgIpc) is 2.95. The first-order chi connectivity index (χ1) is 19.6. The fraction of sp³-hybridized carbons (Fsp3) is 0.688. The molecule has 4 atom stereocenters. The molecule has 1 fully saturated rings. The number of nitrogens with one attached hydrogen (secondary N) is 3. The first-order valence-corrected chi connectivity index (χ1v) is 15.2. The Labute approximate surface area is 245 Å². The first kappa shape index (κ1) is 34.3. The Morgan fingerprint density at radius 3 is 2.27 bits per heavy atom. The van der Waals surface area contributed by atoms with Crippen molar-refractivity contribution in [2.75, 3.05) is 7.11 Å². The molecule has 4 N–H and O–H groups in total. The molecule has 1 aromatic rings. The standard InChI is InChI=1S/C32H51N3O6/c1-22(2)31(33-23(3)36)32(40)34-26(17-11-16-24-12-7-5-8-13-24)21-28(37)27(20-25-14-9-6-10-15-25)35-29(38)18-19-30(39)41-4/h6,9-10,14-15,22,24,26-28,31,37H,5,7-8,11-13,16-21H2,1-4H3,(H,33,36)(H,34,40)(H,35,38)/t26-,27-,28-,31-/m0/s1. The number of esters is 1. The summed E-state index contributed by atoms with van der Waals surface area (Å²) in [4.78, 5) is 49.3. The molecular weight excluding hydrogens is 522 g/mol. The zero-order valence-electron chi connectivity index (χ0n) is 25.3. The van der Waals surface area contributed by atoms with Gasteiger partial charge >= 0.3 is 5.97 Å². The zero-order chi connectivity index (χ0) is 30.2. The molecule has 0 saturated heterocycles. The lowest BCUT2D eigenvalue weighted by Gasteiger charge is -2.30. The fourth-order valence-corrected chi connectivity index (χ4v) is 5.63. The molecule has 0 bridgehead atoms. The van der Waals surface area contributed by atoms with Crippen LogP contribution in [0.2, 0.25) is 0 Å². The van der Waals surface area contributed by atoms with E-state index in [-0.39, 0.29) is 48.9 Å². The highest BCUT2D eigenvalue weighted by atomic mass is 16.5. The Bertz CT molecular complexity index is 948. The van der Waals surface area contributed by atoms with Gasteiger partial charge in [0.1, 0.15) is 6.04 Å². The maximum atomic E-state index is 13.3. The van der Waals surface area contributed by atoms with Gasteiger partial charge in [-0.15, -0.1) is 0 Å². The summed E-state index contributed by atoms with van der Waals surface area (Å²) >= 11 is 0. The molecule has 1 aliphatic carbocycles. The summed E-state index contributed by atoms with van der Waals surface area (Å²) in [6.07, 6.45) is 8.64. The third kappa shape index (κ3) is 13.5. The SMILES string of the molecule is COC(=O)CCC(=O)N[C@@H](Cc1ccccc1)[C@@H](O)C[C@H](CCCC1CCCCC1)NC(=O)[C@@H](NC(C)=O)C(C)C. The predicted molar refractivity (Wildman–Crippen MR) is 159 cm³/mol. The molecule has 230 valence electrons. The third-order valence-electron chi connectivity index (χ3n) is 7.96. The van der Waals surface area contributed by atoms with E-state index >= 15 is 0 Å². The lowest BCUT2D eigenvalue weighted by atomic mass is 9.85. The van der Waals surface area contributed by atoms with Crippen molar-refractivity contribution >= 4 is 23.7 Å². The molecule has 1 aliphatic rings. The highest BCUT2D eigenvalue weighted by molar-refractivity contribution is 5.87. The Balaban J connectivity index is 2.15. The van der Waals surface area contributed by atoms with E-state index in [1.54, 1.807) is 0 Å². The van der Waals surface area contributed by atoms with E-state index in [4.69, 9.17) is 0 Å². The van der Waals surface area contributed by atoms with Crippen molar-refractivity contribution < 1.29 is 29.0 Å². The van der Waals surface area contributed by atoms with Gasteiger partial charge in [0.2, 0.25) is 17.7 Å². The van der Waals surface area contributed by atoms with Crippen LogP contribution in [-0.4, -0.2) is 60.1 Å². The summed E-state index contributed by atoms with van der Waals surface area (Å²) in [6.45, 7) is 5.16. The quantitative estimate of drug-likeness (QED) is 0.210. The third-order valence-corrected chi connectivity index (χ3v) is 7.96. The molecule has 3 amide bonds. The van der Waals surface area contributed by atoms with Crippen LogP contribution in [0.4, 0.5) is 0 Å². The summed E-state index contributed by atoms with van der Waals surface area (Å²) in [5, 5.41) is 20.2. The van der Waals surface area contributed by atoms with Gasteiger partial charge in [-0.05, 0) is 36.7 Å². The lowest BCUT2D eigenvalue weighted by Crippen LogP contribution is -2.53. The number of carbonyl (C=O) groups is 4. The number of hydrogen-bond acceptors (Lipinski definition) is 6. The van der Waals surface area contributed by atoms with Gasteiger partial charge in [-0.1, -0.05) is 89.1 Å². The van der Waals surface area contributed by atoms with Crippen LogP contribution in [0.15, 0.2) is 30.3 Å². The molecular formula is C32H51N3O6. The van der Waals surface area contributed by atoms with E-state index in [9.17, 15) is 24.3 Å². The van der Waals surface area contributed by atoms with Crippen LogP contribution in [0.3, 0.4) is 0 Å². The van der Waals surface area contributed by atoms with E-state index in [1.165, 1.54) is 46.1 Å². The predicted octanol–water partition coefficient (Wildman–Crippen LogP) is 3.81. The second kappa shape index (κ2) is 18.5. The molecule has 9 nitrogen and oxygen atoms in total. The van der Waals surface area contributed by atoms with Gasteiger partial charge in [0.25, 0.3) is 0 Å². The number of aliphatic hydroxyl groups excluding tert-OH is 1. The van der Waals surface area contributed by atoms with Crippen LogP contribution in [0.25, 0.3) is 0 Å². The molecule has 0 spiro atoms. The van der Waals surface area contributed by atoms with Gasteiger partial charge < -0.3 is 25.8 Å². The number of benzene rings is 1. The van der Waals surface area contributed by atoms with E-state index < -0.39 is 24.2 Å². The Morgan fingerprint density at radius 2 is 1.66 bits per heavy atom. The van der Waals surface area contributed by atoms with Crippen molar-refractivity contribution in [3.8, 4) is 0 Å². The number of hydrogen-bond donors (Lipinski definition) is 4. The smallest absolute Gasteiger partial charge is 0.306 e. The van der Waals surface area contributed by atoms with Crippen molar-refractivity contribution in [3.05, 3.63) is 35.9 Å². The van der Waals surface area contributed by atoms with Gasteiger partial charge in [-0.25, -0.2) is 0 Å². The molecule has 1 aromatic carbocycles. The molecule has 0 aliphatic heterocycles. The monoisotopic (exact) mass is 573 g/mol. The maximum Gasteiger partial charge on any atom is 0.306 e. The van der Waals surface area contributed by atoms with Crippen LogP contribution in [-0.2, 0) is 30.3 Å². The normalized spacial score (nSPS) is 16.7. The summed E-state index contributed by atoms with van der Waals surface area (Å²) in [5.74, 6) is -0.768. The molecule has 0 aromatic heterocycles. The highest BCUT2D eigenvalue weighted by Crippen LogP contribution is 2.28. The summed E-state index contributed by atoms with van der Waals surface area (Å²) < 4.78 is 4.64. The van der Waals surface area contributed by atoms with Crippen LogP contribution in [0.1, 0.15) is 97.0 Å². The van der Waals surface area contributed by atoms with Gasteiger partial charge in [-0.2, -0.15) is 0 Å². The fourth-order valence-electron chi connectivity index (χ4n) is 5.63. The number of carbonyl (C=O) groups excluding carboxylic acids is 4. The minimum Gasteiger partial charge on any atom is -0.469 e. The molecule has 41 heavy (non-hydrogen) atoms. The maximum absolute atomic E-state index is 13.3. The second-order valence-electron chi connectivity index (χ2n) is 11.8. The number of aliphatic hydroxyl groups is 1. The summed E-state index contributed by atoms with van der Waals surface area (Å²) in [7, 11) is 1.28. The molecule has 9 heteroatoms. The van der Waals surface area contributed by atoms with Crippen molar-refractivity contribution in [3.63, 3.8) is 0 Å². The minimum absolute atomic E-state index is 0.0426. The second-order valence-corrected chi connectivity index (χ2v) is 11.8. The number of methoxy groups -OCH3 is 1.